The number of ether oxygens (including phenoxy) is 4. The molecule has 0 heterocycles. The zero-order chi connectivity index (χ0) is 71.9. The lowest BCUT2D eigenvalue weighted by molar-refractivity contribution is -0.161. The molecule has 0 aromatic heterocycles. The van der Waals surface area contributed by atoms with E-state index in [1.54, 1.807) is 0 Å². The number of aliphatic hydroxyl groups is 1. The highest BCUT2D eigenvalue weighted by atomic mass is 31.2. The predicted octanol–water partition coefficient (Wildman–Crippen LogP) is 23.6. The van der Waals surface area contributed by atoms with Gasteiger partial charge in [-0.2, -0.15) is 0 Å². The predicted molar refractivity (Wildman–Crippen MR) is 400 cm³/mol. The number of hydrogen-bond acceptors (Lipinski definition) is 15. The number of phosphoric acid groups is 2. The van der Waals surface area contributed by atoms with Crippen molar-refractivity contribution in [2.24, 2.45) is 5.92 Å². The van der Waals surface area contributed by atoms with Gasteiger partial charge in [-0.1, -0.05) is 369 Å². The van der Waals surface area contributed by atoms with Gasteiger partial charge in [0.15, 0.2) is 12.2 Å². The molecule has 582 valence electrons. The van der Waals surface area contributed by atoms with Crippen LogP contribution in [0.25, 0.3) is 0 Å². The number of esters is 4. The fourth-order valence-corrected chi connectivity index (χ4v) is 13.8. The van der Waals surface area contributed by atoms with Crippen LogP contribution < -0.4 is 0 Å². The standard InChI is InChI=1S/C79H154O17P2/c1-6-9-12-15-18-20-22-24-26-28-30-32-33-35-37-39-41-43-45-48-54-59-64-78(83)95-74(69-90-77(82)63-58-53-47-44-42-40-38-36-34-31-29-27-25-23-21-19-16-13-10-7-2)70-93-97(85,86)91-66-73(80)67-92-98(87,88)94-71-75(68-89-76(81)62-57-52-46-17-14-11-8-3)96-79(84)65-60-55-50-49-51-56-61-72(4)5/h72-75,80H,6-71H2,1-5H3,(H,85,86)(H,87,88)/t73-,74-,75-/m1/s1. The molecule has 17 nitrogen and oxygen atoms in total. The highest BCUT2D eigenvalue weighted by Gasteiger charge is 2.30. The molecule has 0 aliphatic carbocycles. The number of rotatable bonds is 79. The molecule has 0 saturated carbocycles. The third-order valence-electron chi connectivity index (χ3n) is 18.5. The summed E-state index contributed by atoms with van der Waals surface area (Å²) in [4.78, 5) is 72.6. The Labute approximate surface area is 600 Å². The van der Waals surface area contributed by atoms with Gasteiger partial charge in [0.2, 0.25) is 0 Å². The zero-order valence-corrected chi connectivity index (χ0v) is 65.7. The van der Waals surface area contributed by atoms with Crippen molar-refractivity contribution >= 4 is 39.5 Å². The minimum atomic E-state index is -4.96. The molecule has 0 aliphatic heterocycles. The number of carbonyl (C=O) groups excluding carboxylic acids is 4. The maximum atomic E-state index is 13.1. The van der Waals surface area contributed by atoms with E-state index in [0.717, 1.165) is 103 Å². The zero-order valence-electron chi connectivity index (χ0n) is 63.9. The average molecular weight is 1440 g/mol. The number of carbonyl (C=O) groups is 4. The van der Waals surface area contributed by atoms with E-state index >= 15 is 0 Å². The summed E-state index contributed by atoms with van der Waals surface area (Å²) in [6.45, 7) is 7.16. The van der Waals surface area contributed by atoms with Gasteiger partial charge in [0.25, 0.3) is 0 Å². The molecule has 0 aromatic rings. The molecule has 0 rings (SSSR count). The summed E-state index contributed by atoms with van der Waals surface area (Å²) in [7, 11) is -9.90. The summed E-state index contributed by atoms with van der Waals surface area (Å²) >= 11 is 0. The van der Waals surface area contributed by atoms with Crippen LogP contribution in [0.1, 0.15) is 420 Å². The summed E-state index contributed by atoms with van der Waals surface area (Å²) in [6.07, 6.45) is 63.2. The first kappa shape index (κ1) is 96.1. The Kier molecular flexibility index (Phi) is 70.6. The Bertz CT molecular complexity index is 1870. The molecular weight excluding hydrogens is 1280 g/mol. The van der Waals surface area contributed by atoms with E-state index in [-0.39, 0.29) is 25.7 Å². The summed E-state index contributed by atoms with van der Waals surface area (Å²) in [5.74, 6) is -1.45. The average Bonchev–Trinajstić information content (AvgIpc) is 0.995. The molecule has 0 saturated heterocycles. The van der Waals surface area contributed by atoms with Crippen molar-refractivity contribution in [3.05, 3.63) is 0 Å². The van der Waals surface area contributed by atoms with Crippen LogP contribution in [0.3, 0.4) is 0 Å². The monoisotopic (exact) mass is 1440 g/mol. The minimum Gasteiger partial charge on any atom is -0.462 e. The third kappa shape index (κ3) is 72.4. The van der Waals surface area contributed by atoms with Crippen molar-refractivity contribution in [2.45, 2.75) is 438 Å². The summed E-state index contributed by atoms with van der Waals surface area (Å²) in [5, 5.41) is 10.6. The van der Waals surface area contributed by atoms with Gasteiger partial charge in [-0.25, -0.2) is 9.13 Å². The lowest BCUT2D eigenvalue weighted by Gasteiger charge is -2.21. The molecule has 98 heavy (non-hydrogen) atoms. The van der Waals surface area contributed by atoms with Crippen molar-refractivity contribution in [1.29, 1.82) is 0 Å². The van der Waals surface area contributed by atoms with Crippen LogP contribution in [0.2, 0.25) is 0 Å². The van der Waals surface area contributed by atoms with Crippen LogP contribution in [-0.2, 0) is 65.4 Å². The third-order valence-corrected chi connectivity index (χ3v) is 20.4. The molecule has 2 unspecified atom stereocenters. The van der Waals surface area contributed by atoms with E-state index < -0.39 is 97.5 Å². The van der Waals surface area contributed by atoms with Crippen LogP contribution in [-0.4, -0.2) is 96.7 Å². The minimum absolute atomic E-state index is 0.102. The van der Waals surface area contributed by atoms with Crippen LogP contribution >= 0.6 is 15.6 Å². The second-order valence-corrected chi connectivity index (χ2v) is 31.8. The Hall–Kier alpha value is -1.94. The molecule has 3 N–H and O–H groups in total. The molecule has 0 radical (unpaired) electrons. The first-order chi connectivity index (χ1) is 47.5. The van der Waals surface area contributed by atoms with Crippen molar-refractivity contribution in [2.75, 3.05) is 39.6 Å². The van der Waals surface area contributed by atoms with Crippen molar-refractivity contribution in [3.63, 3.8) is 0 Å². The van der Waals surface area contributed by atoms with E-state index in [4.69, 9.17) is 37.0 Å². The second-order valence-electron chi connectivity index (χ2n) is 28.9. The number of hydrogen-bond donors (Lipinski definition) is 3. The van der Waals surface area contributed by atoms with Crippen molar-refractivity contribution < 1.29 is 80.2 Å². The van der Waals surface area contributed by atoms with Gasteiger partial charge in [-0.15, -0.1) is 0 Å². The molecule has 0 aromatic carbocycles. The van der Waals surface area contributed by atoms with Gasteiger partial charge in [-0.3, -0.25) is 37.3 Å². The summed E-state index contributed by atoms with van der Waals surface area (Å²) in [6, 6.07) is 0. The maximum absolute atomic E-state index is 13.1. The molecular formula is C79H154O17P2. The summed E-state index contributed by atoms with van der Waals surface area (Å²) < 4.78 is 68.4. The molecule has 5 atom stereocenters. The van der Waals surface area contributed by atoms with E-state index in [2.05, 4.69) is 34.6 Å². The van der Waals surface area contributed by atoms with Crippen molar-refractivity contribution in [1.82, 2.24) is 0 Å². The van der Waals surface area contributed by atoms with E-state index in [1.165, 1.54) is 231 Å². The Morgan fingerprint density at radius 2 is 0.469 bits per heavy atom. The van der Waals surface area contributed by atoms with Gasteiger partial charge in [0.1, 0.15) is 19.3 Å². The lowest BCUT2D eigenvalue weighted by Crippen LogP contribution is -2.30. The first-order valence-electron chi connectivity index (χ1n) is 41.1. The molecule has 0 bridgehead atoms. The van der Waals surface area contributed by atoms with E-state index in [0.29, 0.717) is 31.6 Å². The van der Waals surface area contributed by atoms with Gasteiger partial charge in [0, 0.05) is 25.7 Å². The highest BCUT2D eigenvalue weighted by Crippen LogP contribution is 2.45. The van der Waals surface area contributed by atoms with Gasteiger partial charge >= 0.3 is 39.5 Å². The second kappa shape index (κ2) is 72.0. The largest absolute Gasteiger partial charge is 0.472 e. The Balaban J connectivity index is 5.11. The maximum Gasteiger partial charge on any atom is 0.472 e. The lowest BCUT2D eigenvalue weighted by atomic mass is 10.0. The topological polar surface area (TPSA) is 237 Å². The summed E-state index contributed by atoms with van der Waals surface area (Å²) in [5.41, 5.74) is 0. The fourth-order valence-electron chi connectivity index (χ4n) is 12.2. The smallest absolute Gasteiger partial charge is 0.462 e. The fraction of sp³-hybridized carbons (Fsp3) is 0.949. The van der Waals surface area contributed by atoms with Gasteiger partial charge in [-0.05, 0) is 31.6 Å². The van der Waals surface area contributed by atoms with E-state index in [9.17, 15) is 43.2 Å². The van der Waals surface area contributed by atoms with Crippen molar-refractivity contribution in [3.8, 4) is 0 Å². The molecule has 19 heteroatoms. The van der Waals surface area contributed by atoms with Crippen LogP contribution in [0.4, 0.5) is 0 Å². The van der Waals surface area contributed by atoms with Gasteiger partial charge in [0.05, 0.1) is 26.4 Å². The molecule has 0 aliphatic rings. The van der Waals surface area contributed by atoms with Crippen LogP contribution in [0.15, 0.2) is 0 Å². The van der Waals surface area contributed by atoms with Gasteiger partial charge < -0.3 is 33.8 Å². The quantitative estimate of drug-likeness (QED) is 0.0222. The molecule has 0 amide bonds. The Morgan fingerprint density at radius 1 is 0.276 bits per heavy atom. The molecule has 0 fully saturated rings. The van der Waals surface area contributed by atoms with Crippen LogP contribution in [0.5, 0.6) is 0 Å². The molecule has 0 spiro atoms. The normalized spacial score (nSPS) is 13.9. The first-order valence-corrected chi connectivity index (χ1v) is 44.1. The Morgan fingerprint density at radius 3 is 0.694 bits per heavy atom. The highest BCUT2D eigenvalue weighted by molar-refractivity contribution is 7.47. The van der Waals surface area contributed by atoms with E-state index in [1.807, 2.05) is 0 Å². The van der Waals surface area contributed by atoms with Crippen LogP contribution in [0, 0.1) is 5.92 Å². The SMILES string of the molecule is CCCCCCCCCCCCCCCCCCCCCCCCC(=O)O[C@H](COC(=O)CCCCCCCCCCCCCCCCCCCCCC)COP(=O)(O)OC[C@@H](O)COP(=O)(O)OC[C@@H](COC(=O)CCCCCCCCC)OC(=O)CCCCCCCCC(C)C. The number of phosphoric ester groups is 2. The number of unbranched alkanes of at least 4 members (excludes halogenated alkanes) is 51. The number of aliphatic hydroxyl groups excluding tert-OH is 1.